The van der Waals surface area contributed by atoms with Gasteiger partial charge in [0.2, 0.25) is 5.28 Å². The SMILES string of the molecule is CC(CCO)(OC[C@H]1O[C@H](n2ncc3c(NC4CCCC4)nc(Cl)nc32)[C@H](O)[C@@H]1O)P(=O)(O)O. The van der Waals surface area contributed by atoms with Gasteiger partial charge >= 0.3 is 7.60 Å². The van der Waals surface area contributed by atoms with Gasteiger partial charge in [-0.15, -0.1) is 0 Å². The van der Waals surface area contributed by atoms with Gasteiger partial charge in [-0.05, 0) is 31.4 Å². The first-order chi connectivity index (χ1) is 16.0. The summed E-state index contributed by atoms with van der Waals surface area (Å²) in [6.45, 7) is 0.204. The average Bonchev–Trinajstić information content (AvgIpc) is 3.48. The molecule has 15 heteroatoms. The predicted molar refractivity (Wildman–Crippen MR) is 120 cm³/mol. The second-order valence-corrected chi connectivity index (χ2v) is 11.2. The highest BCUT2D eigenvalue weighted by Gasteiger charge is 2.48. The van der Waals surface area contributed by atoms with Gasteiger partial charge in [0.25, 0.3) is 0 Å². The average molecular weight is 522 g/mol. The number of aliphatic hydroxyl groups excluding tert-OH is 3. The number of fused-ring (bicyclic) bond motifs is 1. The van der Waals surface area contributed by atoms with E-state index in [1.54, 1.807) is 0 Å². The number of ether oxygens (including phenoxy) is 2. The Morgan fingerprint density at radius 3 is 2.65 bits per heavy atom. The zero-order valence-corrected chi connectivity index (χ0v) is 20.1. The first-order valence-corrected chi connectivity index (χ1v) is 13.0. The van der Waals surface area contributed by atoms with Crippen LogP contribution in [0.5, 0.6) is 0 Å². The molecule has 4 rings (SSSR count). The Balaban J connectivity index is 1.55. The number of aliphatic hydroxyl groups is 3. The van der Waals surface area contributed by atoms with Crippen molar-refractivity contribution in [2.75, 3.05) is 18.5 Å². The van der Waals surface area contributed by atoms with Gasteiger partial charge < -0.3 is 39.9 Å². The van der Waals surface area contributed by atoms with E-state index >= 15 is 0 Å². The molecule has 5 atom stereocenters. The maximum absolute atomic E-state index is 11.8. The zero-order chi connectivity index (χ0) is 24.7. The molecule has 34 heavy (non-hydrogen) atoms. The van der Waals surface area contributed by atoms with Gasteiger partial charge in [-0.1, -0.05) is 12.8 Å². The lowest BCUT2D eigenvalue weighted by Gasteiger charge is -2.31. The van der Waals surface area contributed by atoms with E-state index in [1.807, 2.05) is 0 Å². The molecule has 1 unspecified atom stereocenters. The van der Waals surface area contributed by atoms with Crippen LogP contribution in [0, 0.1) is 0 Å². The Hall–Kier alpha value is -1.41. The van der Waals surface area contributed by atoms with Gasteiger partial charge in [0.05, 0.1) is 18.2 Å². The number of hydrogen-bond acceptors (Lipinski definition) is 10. The minimum Gasteiger partial charge on any atom is -0.396 e. The second kappa shape index (κ2) is 9.92. The highest BCUT2D eigenvalue weighted by Crippen LogP contribution is 2.53. The Morgan fingerprint density at radius 1 is 1.29 bits per heavy atom. The molecule has 1 aliphatic heterocycles. The van der Waals surface area contributed by atoms with E-state index in [2.05, 4.69) is 20.4 Å². The van der Waals surface area contributed by atoms with Crippen molar-refractivity contribution in [3.63, 3.8) is 0 Å². The van der Waals surface area contributed by atoms with E-state index in [1.165, 1.54) is 10.9 Å². The second-order valence-electron chi connectivity index (χ2n) is 8.84. The number of rotatable bonds is 9. The largest absolute Gasteiger partial charge is 0.396 e. The van der Waals surface area contributed by atoms with Crippen LogP contribution >= 0.6 is 19.2 Å². The number of halogens is 1. The summed E-state index contributed by atoms with van der Waals surface area (Å²) in [4.78, 5) is 27.7. The summed E-state index contributed by atoms with van der Waals surface area (Å²) < 4.78 is 24.3. The van der Waals surface area contributed by atoms with Crippen molar-refractivity contribution in [3.8, 4) is 0 Å². The number of aromatic nitrogens is 4. The fourth-order valence-electron chi connectivity index (χ4n) is 4.30. The molecule has 0 amide bonds. The number of nitrogens with one attached hydrogen (secondary N) is 1. The molecule has 2 aromatic heterocycles. The van der Waals surface area contributed by atoms with E-state index < -0.39 is 50.7 Å². The normalized spacial score (nSPS) is 28.0. The van der Waals surface area contributed by atoms with Gasteiger partial charge in [0, 0.05) is 19.1 Å². The first kappa shape index (κ1) is 25.7. The van der Waals surface area contributed by atoms with Gasteiger partial charge in [-0.25, -0.2) is 4.68 Å². The molecule has 0 radical (unpaired) electrons. The van der Waals surface area contributed by atoms with E-state index in [4.69, 9.17) is 26.2 Å². The number of nitrogens with zero attached hydrogens (tertiary/aromatic N) is 4. The standard InChI is InChI=1S/C19H29ClN5O8P/c1-19(6-7-26,34(29,30)31)32-9-12-13(27)14(28)17(33-12)25-16-11(8-21-25)15(23-18(20)24-16)22-10-4-2-3-5-10/h8,10,12-14,17,26-28H,2-7,9H2,1H3,(H,22,23,24)(H2,29,30,31)/t12-,13-,14-,17+,19?/m1/s1. The minimum absolute atomic E-state index is 0.0240. The van der Waals surface area contributed by atoms with Gasteiger partial charge in [0.15, 0.2) is 17.2 Å². The summed E-state index contributed by atoms with van der Waals surface area (Å²) in [6, 6.07) is 0.261. The number of hydrogen-bond donors (Lipinski definition) is 6. The van der Waals surface area contributed by atoms with Crippen molar-refractivity contribution in [1.29, 1.82) is 0 Å². The molecule has 2 fully saturated rings. The molecule has 0 bridgehead atoms. The van der Waals surface area contributed by atoms with Crippen molar-refractivity contribution in [2.45, 2.75) is 75.0 Å². The van der Waals surface area contributed by atoms with Crippen molar-refractivity contribution in [1.82, 2.24) is 19.7 Å². The van der Waals surface area contributed by atoms with Crippen LogP contribution in [-0.2, 0) is 14.0 Å². The summed E-state index contributed by atoms with van der Waals surface area (Å²) in [5, 5.41) is 36.5. The Bertz CT molecular complexity index is 1060. The summed E-state index contributed by atoms with van der Waals surface area (Å²) in [5.41, 5.74) is 0.290. The quantitative estimate of drug-likeness (QED) is 0.200. The predicted octanol–water partition coefficient (Wildman–Crippen LogP) is 0.746. The summed E-state index contributed by atoms with van der Waals surface area (Å²) in [7, 11) is -4.75. The molecular weight excluding hydrogens is 493 g/mol. The minimum atomic E-state index is -4.75. The molecule has 1 saturated carbocycles. The molecule has 0 aromatic carbocycles. The van der Waals surface area contributed by atoms with Crippen LogP contribution in [0.3, 0.4) is 0 Å². The lowest BCUT2D eigenvalue weighted by atomic mass is 10.1. The van der Waals surface area contributed by atoms with Crippen LogP contribution in [0.1, 0.15) is 45.3 Å². The van der Waals surface area contributed by atoms with Crippen molar-refractivity contribution in [2.24, 2.45) is 0 Å². The van der Waals surface area contributed by atoms with Crippen molar-refractivity contribution in [3.05, 3.63) is 11.5 Å². The molecule has 6 N–H and O–H groups in total. The zero-order valence-electron chi connectivity index (χ0n) is 18.5. The Labute approximate surface area is 200 Å². The topological polar surface area (TPSA) is 192 Å². The maximum atomic E-state index is 11.8. The van der Waals surface area contributed by atoms with Gasteiger partial charge in [-0.3, -0.25) is 4.57 Å². The number of anilines is 1. The van der Waals surface area contributed by atoms with Crippen LogP contribution in [0.15, 0.2) is 6.20 Å². The lowest BCUT2D eigenvalue weighted by molar-refractivity contribution is -0.0980. The summed E-state index contributed by atoms with van der Waals surface area (Å²) in [6.07, 6.45) is 0.303. The lowest BCUT2D eigenvalue weighted by Crippen LogP contribution is -2.38. The highest BCUT2D eigenvalue weighted by atomic mass is 35.5. The fourth-order valence-corrected chi connectivity index (χ4v) is 5.10. The van der Waals surface area contributed by atoms with E-state index in [0.717, 1.165) is 32.6 Å². The van der Waals surface area contributed by atoms with Crippen LogP contribution in [0.25, 0.3) is 11.0 Å². The van der Waals surface area contributed by atoms with E-state index in [0.29, 0.717) is 16.9 Å². The van der Waals surface area contributed by atoms with Gasteiger partial charge in [-0.2, -0.15) is 15.1 Å². The third kappa shape index (κ3) is 4.95. The van der Waals surface area contributed by atoms with Gasteiger partial charge in [0.1, 0.15) is 24.1 Å². The van der Waals surface area contributed by atoms with E-state index in [9.17, 15) is 24.6 Å². The van der Waals surface area contributed by atoms with Crippen LogP contribution in [-0.4, -0.2) is 87.8 Å². The molecule has 1 aliphatic carbocycles. The third-order valence-corrected chi connectivity index (χ3v) is 8.21. The van der Waals surface area contributed by atoms with Crippen molar-refractivity contribution >= 4 is 36.0 Å². The first-order valence-electron chi connectivity index (χ1n) is 11.0. The molecule has 1 saturated heterocycles. The fraction of sp³-hybridized carbons (Fsp3) is 0.737. The summed E-state index contributed by atoms with van der Waals surface area (Å²) in [5.74, 6) is 0.516. The van der Waals surface area contributed by atoms with Crippen LogP contribution in [0.4, 0.5) is 5.82 Å². The highest BCUT2D eigenvalue weighted by molar-refractivity contribution is 7.53. The molecule has 3 heterocycles. The molecule has 190 valence electrons. The summed E-state index contributed by atoms with van der Waals surface area (Å²) >= 11 is 6.14. The Morgan fingerprint density at radius 2 is 2.00 bits per heavy atom. The molecule has 2 aromatic rings. The Kier molecular flexibility index (Phi) is 7.49. The molecule has 13 nitrogen and oxygen atoms in total. The van der Waals surface area contributed by atoms with Crippen molar-refractivity contribution < 1.29 is 39.1 Å². The van der Waals surface area contributed by atoms with Crippen LogP contribution in [0.2, 0.25) is 5.28 Å². The molecular formula is C19H29ClN5O8P. The monoisotopic (exact) mass is 521 g/mol. The maximum Gasteiger partial charge on any atom is 0.356 e. The van der Waals surface area contributed by atoms with E-state index in [-0.39, 0.29) is 17.7 Å². The van der Waals surface area contributed by atoms with Crippen LogP contribution < -0.4 is 5.32 Å². The molecule has 2 aliphatic rings. The smallest absolute Gasteiger partial charge is 0.356 e. The molecule has 0 spiro atoms. The third-order valence-electron chi connectivity index (χ3n) is 6.45.